The summed E-state index contributed by atoms with van der Waals surface area (Å²) in [6.07, 6.45) is 33.8. The summed E-state index contributed by atoms with van der Waals surface area (Å²) < 4.78 is 6.42. The number of unbranched alkanes of at least 4 members (excludes halogenated alkanes) is 16. The highest BCUT2D eigenvalue weighted by Gasteiger charge is 2.71. The zero-order valence-corrected chi connectivity index (χ0v) is 36.6. The lowest BCUT2D eigenvalue weighted by atomic mass is 9.31. The molecule has 5 fully saturated rings. The third kappa shape index (κ3) is 8.71. The monoisotopic (exact) mass is 737 g/mol. The number of carbonyl (C=O) groups is 1. The van der Waals surface area contributed by atoms with Gasteiger partial charge in [-0.25, -0.2) is 0 Å². The fraction of sp³-hybridized carbons (Fsp3) is 0.940. The Morgan fingerprint density at radius 1 is 0.679 bits per heavy atom. The first-order valence-electron chi connectivity index (χ1n) is 23.7. The Bertz CT molecular complexity index is 1190. The summed E-state index contributed by atoms with van der Waals surface area (Å²) in [5.74, 6) is 2.94. The smallest absolute Gasteiger partial charge is 0.306 e. The summed E-state index contributed by atoms with van der Waals surface area (Å²) in [4.78, 5) is 13.2. The maximum Gasteiger partial charge on any atom is 0.306 e. The van der Waals surface area contributed by atoms with Gasteiger partial charge in [0.15, 0.2) is 0 Å². The van der Waals surface area contributed by atoms with Gasteiger partial charge in [-0.05, 0) is 115 Å². The minimum absolute atomic E-state index is 0.0176. The van der Waals surface area contributed by atoms with Gasteiger partial charge in [0.2, 0.25) is 0 Å². The molecule has 53 heavy (non-hydrogen) atoms. The summed E-state index contributed by atoms with van der Waals surface area (Å²) in [5, 5.41) is 12.0. The molecule has 0 aromatic carbocycles. The molecular weight excluding hydrogens is 649 g/mol. The van der Waals surface area contributed by atoms with Crippen LogP contribution in [0.4, 0.5) is 0 Å². The van der Waals surface area contributed by atoms with Crippen LogP contribution in [0.5, 0.6) is 0 Å². The van der Waals surface area contributed by atoms with Gasteiger partial charge in [0.1, 0.15) is 6.10 Å². The van der Waals surface area contributed by atoms with Crippen LogP contribution in [0.15, 0.2) is 12.2 Å². The number of rotatable bonds is 19. The first-order valence-corrected chi connectivity index (χ1v) is 23.7. The van der Waals surface area contributed by atoms with Crippen LogP contribution in [0.2, 0.25) is 0 Å². The second-order valence-electron chi connectivity index (χ2n) is 21.6. The van der Waals surface area contributed by atoms with Gasteiger partial charge in [-0.1, -0.05) is 170 Å². The average Bonchev–Trinajstić information content (AvgIpc) is 3.10. The molecule has 5 rings (SSSR count). The number of ether oxygens (including phenoxy) is 1. The average molecular weight is 737 g/mol. The second-order valence-corrected chi connectivity index (χ2v) is 21.6. The predicted octanol–water partition coefficient (Wildman–Crippen LogP) is 14.6. The molecule has 11 atom stereocenters. The quantitative estimate of drug-likeness (QED) is 0.0816. The summed E-state index contributed by atoms with van der Waals surface area (Å²) >= 11 is 0. The van der Waals surface area contributed by atoms with Crippen molar-refractivity contribution in [3.05, 3.63) is 12.2 Å². The van der Waals surface area contributed by atoms with Crippen LogP contribution >= 0.6 is 0 Å². The molecule has 0 aromatic rings. The summed E-state index contributed by atoms with van der Waals surface area (Å²) in [7, 11) is 0. The molecule has 1 N–H and O–H groups in total. The zero-order chi connectivity index (χ0) is 38.5. The molecule has 5 saturated carbocycles. The van der Waals surface area contributed by atoms with Crippen LogP contribution in [0.25, 0.3) is 0 Å². The van der Waals surface area contributed by atoms with Gasteiger partial charge in [0.05, 0.1) is 6.10 Å². The molecule has 0 aromatic heterocycles. The number of allylic oxidation sites excluding steroid dienone is 1. The highest BCUT2D eigenvalue weighted by molar-refractivity contribution is 5.69. The Morgan fingerprint density at radius 2 is 1.23 bits per heavy atom. The minimum Gasteiger partial charge on any atom is -0.462 e. The maximum absolute atomic E-state index is 13.2. The molecule has 0 bridgehead atoms. The second kappa shape index (κ2) is 18.2. The third-order valence-electron chi connectivity index (χ3n) is 18.4. The largest absolute Gasteiger partial charge is 0.462 e. The van der Waals surface area contributed by atoms with Crippen molar-refractivity contribution >= 4 is 5.97 Å². The molecular formula is C50H88O3. The van der Waals surface area contributed by atoms with E-state index in [0.717, 1.165) is 44.9 Å². The fourth-order valence-corrected chi connectivity index (χ4v) is 14.8. The Balaban J connectivity index is 1.04. The lowest BCUT2D eigenvalue weighted by Crippen LogP contribution is -2.69. The van der Waals surface area contributed by atoms with Crippen molar-refractivity contribution in [2.24, 2.45) is 56.7 Å². The van der Waals surface area contributed by atoms with E-state index >= 15 is 0 Å². The van der Waals surface area contributed by atoms with E-state index in [9.17, 15) is 9.90 Å². The van der Waals surface area contributed by atoms with E-state index in [0.29, 0.717) is 36.0 Å². The molecule has 0 spiro atoms. The van der Waals surface area contributed by atoms with Crippen LogP contribution in [0.1, 0.15) is 229 Å². The van der Waals surface area contributed by atoms with E-state index in [4.69, 9.17) is 4.74 Å². The standard InChI is InChI=1S/C50H88O3/c1-10-11-12-13-14-15-16-17-18-19-20-21-22-23-24-25-26-27-44(52)53-43-32-34-47(6)40(46(43,4)5)31-35-49(8)41(47)29-28-39-45-38(3)37(2)30-33-48(45,7)42(51)36-50(39,49)9/h38-43,45,51H,2,10-36H2,1,3-9H3/t38-,39-,40+,41-,42+,43+,45-,47+,48-,49-,50-/m1/s1. The molecule has 0 saturated heterocycles. The maximum atomic E-state index is 13.2. The number of aliphatic hydroxyl groups is 1. The first kappa shape index (κ1) is 43.3. The van der Waals surface area contributed by atoms with Crippen LogP contribution < -0.4 is 0 Å². The van der Waals surface area contributed by atoms with Crippen molar-refractivity contribution in [3.8, 4) is 0 Å². The van der Waals surface area contributed by atoms with Crippen LogP contribution in [-0.2, 0) is 9.53 Å². The summed E-state index contributed by atoms with van der Waals surface area (Å²) in [5.41, 5.74) is 2.02. The Labute approximate surface area is 329 Å². The third-order valence-corrected chi connectivity index (χ3v) is 18.4. The number of esters is 1. The Morgan fingerprint density at radius 3 is 1.79 bits per heavy atom. The lowest BCUT2D eigenvalue weighted by molar-refractivity contribution is -0.270. The van der Waals surface area contributed by atoms with Gasteiger partial charge in [0.25, 0.3) is 0 Å². The molecule has 5 aliphatic rings. The van der Waals surface area contributed by atoms with Crippen LogP contribution in [0.3, 0.4) is 0 Å². The molecule has 306 valence electrons. The van der Waals surface area contributed by atoms with Crippen molar-refractivity contribution in [1.82, 2.24) is 0 Å². The lowest BCUT2D eigenvalue weighted by Gasteiger charge is -2.74. The molecule has 0 amide bonds. The van der Waals surface area contributed by atoms with Gasteiger partial charge in [0, 0.05) is 11.8 Å². The minimum atomic E-state index is -0.226. The van der Waals surface area contributed by atoms with E-state index in [1.165, 1.54) is 128 Å². The molecule has 3 heteroatoms. The van der Waals surface area contributed by atoms with Crippen LogP contribution in [-0.4, -0.2) is 23.3 Å². The zero-order valence-electron chi connectivity index (χ0n) is 36.6. The van der Waals surface area contributed by atoms with E-state index in [2.05, 4.69) is 62.0 Å². The first-order chi connectivity index (χ1) is 25.2. The highest BCUT2D eigenvalue weighted by Crippen LogP contribution is 2.77. The van der Waals surface area contributed by atoms with Gasteiger partial charge in [-0.15, -0.1) is 0 Å². The highest BCUT2D eigenvalue weighted by atomic mass is 16.5. The predicted molar refractivity (Wildman–Crippen MR) is 225 cm³/mol. The van der Waals surface area contributed by atoms with Crippen molar-refractivity contribution in [1.29, 1.82) is 0 Å². The number of carbonyl (C=O) groups excluding carboxylic acids is 1. The van der Waals surface area contributed by atoms with Crippen molar-refractivity contribution in [3.63, 3.8) is 0 Å². The van der Waals surface area contributed by atoms with E-state index in [1.54, 1.807) is 0 Å². The molecule has 0 unspecified atom stereocenters. The fourth-order valence-electron chi connectivity index (χ4n) is 14.8. The molecule has 0 heterocycles. The van der Waals surface area contributed by atoms with E-state index in [-0.39, 0.29) is 45.3 Å². The SMILES string of the molecule is C=C1CC[C@@]2(C)[C@H]([C@@H]1C)[C@H]1CC[C@@H]3[C@@]4(C)CC[C@H](OC(=O)CCCCCCCCCCCCCCCCCCC)C(C)(C)[C@@H]4CC[C@@]3(C)[C@]1(C)C[C@@H]2O. The summed E-state index contributed by atoms with van der Waals surface area (Å²) in [6, 6.07) is 0. The number of fused-ring (bicyclic) bond motifs is 7. The Kier molecular flexibility index (Phi) is 14.9. The topological polar surface area (TPSA) is 46.5 Å². The van der Waals surface area contributed by atoms with Crippen molar-refractivity contribution in [2.75, 3.05) is 0 Å². The molecule has 3 nitrogen and oxygen atoms in total. The van der Waals surface area contributed by atoms with Gasteiger partial charge < -0.3 is 9.84 Å². The molecule has 5 aliphatic carbocycles. The van der Waals surface area contributed by atoms with Gasteiger partial charge >= 0.3 is 5.97 Å². The number of hydrogen-bond donors (Lipinski definition) is 1. The molecule has 0 radical (unpaired) electrons. The van der Waals surface area contributed by atoms with Crippen molar-refractivity contribution in [2.45, 2.75) is 241 Å². The summed E-state index contributed by atoms with van der Waals surface area (Å²) in [6.45, 7) is 24.5. The van der Waals surface area contributed by atoms with Gasteiger partial charge in [-0.3, -0.25) is 4.79 Å². The van der Waals surface area contributed by atoms with Crippen molar-refractivity contribution < 1.29 is 14.6 Å². The van der Waals surface area contributed by atoms with E-state index in [1.807, 2.05) is 0 Å². The normalized spacial score (nSPS) is 40.5. The van der Waals surface area contributed by atoms with Gasteiger partial charge in [-0.2, -0.15) is 0 Å². The number of aliphatic hydroxyl groups excluding tert-OH is 1. The molecule has 0 aliphatic heterocycles. The van der Waals surface area contributed by atoms with E-state index < -0.39 is 0 Å². The van der Waals surface area contributed by atoms with Crippen LogP contribution in [0, 0.1) is 56.7 Å². The Hall–Kier alpha value is -0.830. The number of hydrogen-bond acceptors (Lipinski definition) is 3.